The van der Waals surface area contributed by atoms with Crippen molar-refractivity contribution in [1.29, 1.82) is 0 Å². The van der Waals surface area contributed by atoms with Crippen LogP contribution >= 0.6 is 0 Å². The molecule has 0 aliphatic carbocycles. The fourth-order valence-corrected chi connectivity index (χ4v) is 1.07. The van der Waals surface area contributed by atoms with E-state index >= 15 is 0 Å². The van der Waals surface area contributed by atoms with Gasteiger partial charge in [0.2, 0.25) is 0 Å². The summed E-state index contributed by atoms with van der Waals surface area (Å²) in [5.41, 5.74) is 5.60. The molecule has 0 aromatic rings. The van der Waals surface area contributed by atoms with E-state index in [9.17, 15) is 0 Å². The van der Waals surface area contributed by atoms with Crippen molar-refractivity contribution in [3.05, 3.63) is 0 Å². The zero-order chi connectivity index (χ0) is 7.98. The number of hydrogen-bond donors (Lipinski definition) is 1. The number of hydrogen-bond acceptors (Lipinski definition) is 2. The first-order valence-electron chi connectivity index (χ1n) is 4.12. The molecule has 2 atom stereocenters. The molecule has 0 aromatic heterocycles. The highest BCUT2D eigenvalue weighted by atomic mass is 16.5. The van der Waals surface area contributed by atoms with Crippen molar-refractivity contribution in [2.45, 2.75) is 33.2 Å². The minimum absolute atomic E-state index is 0.291. The molecule has 0 saturated carbocycles. The average molecular weight is 145 g/mol. The van der Waals surface area contributed by atoms with Gasteiger partial charge in [0.15, 0.2) is 0 Å². The maximum Gasteiger partial charge on any atom is 0.0617 e. The lowest BCUT2D eigenvalue weighted by Gasteiger charge is -2.23. The van der Waals surface area contributed by atoms with Crippen molar-refractivity contribution in [3.8, 4) is 0 Å². The summed E-state index contributed by atoms with van der Waals surface area (Å²) in [5, 5.41) is 0. The lowest BCUT2D eigenvalue weighted by atomic mass is 10.0. The first-order valence-corrected chi connectivity index (χ1v) is 4.12. The molecule has 1 aliphatic heterocycles. The molecule has 0 spiro atoms. The first kappa shape index (κ1) is 9.92. The maximum atomic E-state index is 5.60. The fraction of sp³-hybridized carbons (Fsp3) is 1.00. The zero-order valence-electron chi connectivity index (χ0n) is 7.26. The Morgan fingerprint density at radius 1 is 1.30 bits per heavy atom. The van der Waals surface area contributed by atoms with Crippen LogP contribution in [0, 0.1) is 5.92 Å². The molecule has 1 rings (SSSR count). The summed E-state index contributed by atoms with van der Waals surface area (Å²) >= 11 is 0. The van der Waals surface area contributed by atoms with Gasteiger partial charge in [-0.3, -0.25) is 0 Å². The van der Waals surface area contributed by atoms with Gasteiger partial charge in [0, 0.05) is 12.6 Å². The van der Waals surface area contributed by atoms with Crippen molar-refractivity contribution in [2.75, 3.05) is 13.2 Å². The second-order valence-electron chi connectivity index (χ2n) is 2.64. The molecule has 0 bridgehead atoms. The van der Waals surface area contributed by atoms with Gasteiger partial charge in [0.1, 0.15) is 0 Å². The van der Waals surface area contributed by atoms with E-state index in [1.54, 1.807) is 0 Å². The summed E-state index contributed by atoms with van der Waals surface area (Å²) < 4.78 is 5.17. The molecule has 0 radical (unpaired) electrons. The van der Waals surface area contributed by atoms with E-state index in [1.807, 2.05) is 13.8 Å². The zero-order valence-corrected chi connectivity index (χ0v) is 7.26. The lowest BCUT2D eigenvalue weighted by molar-refractivity contribution is 0.0476. The predicted molar refractivity (Wildman–Crippen MR) is 43.9 cm³/mol. The van der Waals surface area contributed by atoms with E-state index < -0.39 is 0 Å². The molecule has 2 unspecified atom stereocenters. The summed E-state index contributed by atoms with van der Waals surface area (Å²) in [6.07, 6.45) is 1.12. The van der Waals surface area contributed by atoms with Crippen LogP contribution in [-0.4, -0.2) is 19.3 Å². The Labute approximate surface area is 63.7 Å². The SMILES string of the molecule is CC.CC1COCC(N)C1. The van der Waals surface area contributed by atoms with Gasteiger partial charge >= 0.3 is 0 Å². The molecule has 1 heterocycles. The van der Waals surface area contributed by atoms with Crippen LogP contribution in [0.5, 0.6) is 0 Å². The van der Waals surface area contributed by atoms with E-state index in [0.29, 0.717) is 12.0 Å². The Bertz CT molecular complexity index is 67.7. The van der Waals surface area contributed by atoms with Crippen molar-refractivity contribution >= 4 is 0 Å². The van der Waals surface area contributed by atoms with Crippen LogP contribution < -0.4 is 5.73 Å². The van der Waals surface area contributed by atoms with Crippen LogP contribution in [-0.2, 0) is 4.74 Å². The third-order valence-electron chi connectivity index (χ3n) is 1.44. The molecular weight excluding hydrogens is 126 g/mol. The number of nitrogens with two attached hydrogens (primary N) is 1. The Morgan fingerprint density at radius 2 is 1.90 bits per heavy atom. The van der Waals surface area contributed by atoms with E-state index in [2.05, 4.69) is 6.92 Å². The fourth-order valence-electron chi connectivity index (χ4n) is 1.07. The van der Waals surface area contributed by atoms with Crippen molar-refractivity contribution in [2.24, 2.45) is 11.7 Å². The predicted octanol–water partition coefficient (Wildman–Crippen LogP) is 1.40. The molecule has 62 valence electrons. The third kappa shape index (κ3) is 3.85. The van der Waals surface area contributed by atoms with E-state index in [1.165, 1.54) is 0 Å². The Morgan fingerprint density at radius 3 is 2.20 bits per heavy atom. The van der Waals surface area contributed by atoms with Gasteiger partial charge in [-0.15, -0.1) is 0 Å². The Balaban J connectivity index is 0.000000371. The smallest absolute Gasteiger partial charge is 0.0617 e. The monoisotopic (exact) mass is 145 g/mol. The van der Waals surface area contributed by atoms with Crippen LogP contribution in [0.15, 0.2) is 0 Å². The third-order valence-corrected chi connectivity index (χ3v) is 1.44. The van der Waals surface area contributed by atoms with Gasteiger partial charge in [0.25, 0.3) is 0 Å². The summed E-state index contributed by atoms with van der Waals surface area (Å²) in [5.74, 6) is 0.666. The summed E-state index contributed by atoms with van der Waals surface area (Å²) in [4.78, 5) is 0. The van der Waals surface area contributed by atoms with E-state index in [0.717, 1.165) is 19.6 Å². The van der Waals surface area contributed by atoms with E-state index in [4.69, 9.17) is 10.5 Å². The standard InChI is InChI=1S/C6H13NO.C2H6/c1-5-2-6(7)4-8-3-5;1-2/h5-6H,2-4,7H2,1H3;1-2H3. The van der Waals surface area contributed by atoms with Gasteiger partial charge < -0.3 is 10.5 Å². The first-order chi connectivity index (χ1) is 4.79. The van der Waals surface area contributed by atoms with E-state index in [-0.39, 0.29) is 0 Å². The van der Waals surface area contributed by atoms with Crippen LogP contribution in [0.4, 0.5) is 0 Å². The molecule has 1 fully saturated rings. The van der Waals surface area contributed by atoms with Gasteiger partial charge in [-0.25, -0.2) is 0 Å². The summed E-state index contributed by atoms with van der Waals surface area (Å²) in [6, 6.07) is 0.291. The molecule has 1 saturated heterocycles. The molecule has 2 nitrogen and oxygen atoms in total. The highest BCUT2D eigenvalue weighted by molar-refractivity contribution is 4.68. The van der Waals surface area contributed by atoms with Crippen LogP contribution in [0.1, 0.15) is 27.2 Å². The van der Waals surface area contributed by atoms with Crippen molar-refractivity contribution in [3.63, 3.8) is 0 Å². The Hall–Kier alpha value is -0.0800. The highest BCUT2D eigenvalue weighted by Crippen LogP contribution is 2.10. The van der Waals surface area contributed by atoms with Gasteiger partial charge in [-0.1, -0.05) is 20.8 Å². The minimum atomic E-state index is 0.291. The number of ether oxygens (including phenoxy) is 1. The average Bonchev–Trinajstić information content (AvgIpc) is 1.91. The largest absolute Gasteiger partial charge is 0.380 e. The van der Waals surface area contributed by atoms with Gasteiger partial charge in [0.05, 0.1) is 6.61 Å². The molecule has 2 heteroatoms. The van der Waals surface area contributed by atoms with Crippen molar-refractivity contribution in [1.82, 2.24) is 0 Å². The maximum absolute atomic E-state index is 5.60. The molecular formula is C8H19NO. The topological polar surface area (TPSA) is 35.2 Å². The Kier molecular flexibility index (Phi) is 5.64. The molecule has 2 N–H and O–H groups in total. The minimum Gasteiger partial charge on any atom is -0.380 e. The van der Waals surface area contributed by atoms with Crippen LogP contribution in [0.25, 0.3) is 0 Å². The second kappa shape index (κ2) is 5.69. The van der Waals surface area contributed by atoms with Crippen LogP contribution in [0.3, 0.4) is 0 Å². The van der Waals surface area contributed by atoms with Gasteiger partial charge in [-0.2, -0.15) is 0 Å². The van der Waals surface area contributed by atoms with Crippen molar-refractivity contribution < 1.29 is 4.74 Å². The molecule has 10 heavy (non-hydrogen) atoms. The molecule has 1 aliphatic rings. The van der Waals surface area contributed by atoms with Gasteiger partial charge in [-0.05, 0) is 12.3 Å². The lowest BCUT2D eigenvalue weighted by Crippen LogP contribution is -2.34. The van der Waals surface area contributed by atoms with Crippen LogP contribution in [0.2, 0.25) is 0 Å². The molecule has 0 amide bonds. The summed E-state index contributed by atoms with van der Waals surface area (Å²) in [7, 11) is 0. The quantitative estimate of drug-likeness (QED) is 0.559. The second-order valence-corrected chi connectivity index (χ2v) is 2.64. The highest BCUT2D eigenvalue weighted by Gasteiger charge is 2.14. The normalized spacial score (nSPS) is 32.4. The molecule has 0 aromatic carbocycles. The number of rotatable bonds is 0. The summed E-state index contributed by atoms with van der Waals surface area (Å²) in [6.45, 7) is 7.82.